The van der Waals surface area contributed by atoms with Crippen molar-refractivity contribution in [1.82, 2.24) is 9.55 Å². The molecule has 2 aromatic rings. The zero-order chi connectivity index (χ0) is 13.3. The Labute approximate surface area is 114 Å². The van der Waals surface area contributed by atoms with Gasteiger partial charge in [-0.25, -0.2) is 4.98 Å². The molecule has 0 amide bonds. The quantitative estimate of drug-likeness (QED) is 0.916. The number of imidazole rings is 1. The number of hydrogen-bond acceptors (Lipinski definition) is 2. The Morgan fingerprint density at radius 2 is 2.00 bits per heavy atom. The smallest absolute Gasteiger partial charge is 0.139 e. The van der Waals surface area contributed by atoms with E-state index in [-0.39, 0.29) is 5.41 Å². The highest BCUT2D eigenvalue weighted by Gasteiger charge is 2.36. The van der Waals surface area contributed by atoms with Crippen molar-refractivity contribution in [3.8, 4) is 11.4 Å². The van der Waals surface area contributed by atoms with Crippen LogP contribution in [0, 0.1) is 0 Å². The van der Waals surface area contributed by atoms with Gasteiger partial charge in [-0.15, -0.1) is 0 Å². The normalized spacial score (nSPS) is 17.8. The zero-order valence-corrected chi connectivity index (χ0v) is 11.5. The van der Waals surface area contributed by atoms with Gasteiger partial charge in [-0.05, 0) is 18.4 Å². The molecule has 3 rings (SSSR count). The summed E-state index contributed by atoms with van der Waals surface area (Å²) in [4.78, 5) is 4.51. The van der Waals surface area contributed by atoms with Gasteiger partial charge in [-0.1, -0.05) is 37.1 Å². The Hall–Kier alpha value is -1.61. The maximum atomic E-state index is 6.13. The van der Waals surface area contributed by atoms with Gasteiger partial charge in [0.1, 0.15) is 5.82 Å². The molecule has 3 heteroatoms. The molecular formula is C16H21N3. The van der Waals surface area contributed by atoms with Crippen molar-refractivity contribution in [2.45, 2.75) is 31.1 Å². The first kappa shape index (κ1) is 12.4. The molecule has 0 atom stereocenters. The fraction of sp³-hybridized carbons (Fsp3) is 0.438. The lowest BCUT2D eigenvalue weighted by molar-refractivity contribution is 0.454. The SMILES string of the molecule is Cn1ccnc1-c1ccccc1C1(CN)CCCC1. The van der Waals surface area contributed by atoms with Gasteiger partial charge in [0.2, 0.25) is 0 Å². The van der Waals surface area contributed by atoms with Crippen molar-refractivity contribution >= 4 is 0 Å². The van der Waals surface area contributed by atoms with E-state index in [1.165, 1.54) is 36.8 Å². The van der Waals surface area contributed by atoms with Crippen LogP contribution in [0.25, 0.3) is 11.4 Å². The van der Waals surface area contributed by atoms with E-state index in [0.29, 0.717) is 0 Å². The number of rotatable bonds is 3. The largest absolute Gasteiger partial charge is 0.334 e. The molecule has 1 heterocycles. The number of aryl methyl sites for hydroxylation is 1. The van der Waals surface area contributed by atoms with Crippen LogP contribution in [-0.2, 0) is 12.5 Å². The first-order chi connectivity index (χ1) is 9.27. The third-order valence-electron chi connectivity index (χ3n) is 4.51. The van der Waals surface area contributed by atoms with Gasteiger partial charge < -0.3 is 10.3 Å². The second-order valence-electron chi connectivity index (χ2n) is 5.60. The van der Waals surface area contributed by atoms with Crippen LogP contribution in [0.3, 0.4) is 0 Å². The number of benzene rings is 1. The van der Waals surface area contributed by atoms with E-state index in [4.69, 9.17) is 5.73 Å². The highest BCUT2D eigenvalue weighted by atomic mass is 15.0. The van der Waals surface area contributed by atoms with Crippen LogP contribution >= 0.6 is 0 Å². The molecule has 100 valence electrons. The van der Waals surface area contributed by atoms with Crippen molar-refractivity contribution in [1.29, 1.82) is 0 Å². The van der Waals surface area contributed by atoms with Gasteiger partial charge in [0.25, 0.3) is 0 Å². The lowest BCUT2D eigenvalue weighted by atomic mass is 9.76. The molecule has 0 bridgehead atoms. The third kappa shape index (κ3) is 1.98. The van der Waals surface area contributed by atoms with E-state index < -0.39 is 0 Å². The molecule has 1 saturated carbocycles. The van der Waals surface area contributed by atoms with Gasteiger partial charge >= 0.3 is 0 Å². The molecule has 3 nitrogen and oxygen atoms in total. The summed E-state index contributed by atoms with van der Waals surface area (Å²) in [5.41, 5.74) is 8.91. The number of aromatic nitrogens is 2. The van der Waals surface area contributed by atoms with Gasteiger partial charge in [0.15, 0.2) is 0 Å². The predicted molar refractivity (Wildman–Crippen MR) is 77.8 cm³/mol. The van der Waals surface area contributed by atoms with Crippen LogP contribution in [-0.4, -0.2) is 16.1 Å². The molecular weight excluding hydrogens is 234 g/mol. The van der Waals surface area contributed by atoms with E-state index in [2.05, 4.69) is 33.8 Å². The summed E-state index contributed by atoms with van der Waals surface area (Å²) >= 11 is 0. The number of nitrogens with zero attached hydrogens (tertiary/aromatic N) is 2. The molecule has 1 aromatic heterocycles. The molecule has 1 fully saturated rings. The van der Waals surface area contributed by atoms with E-state index in [0.717, 1.165) is 12.4 Å². The fourth-order valence-corrected chi connectivity index (χ4v) is 3.40. The van der Waals surface area contributed by atoms with Crippen LogP contribution in [0.1, 0.15) is 31.2 Å². The first-order valence-electron chi connectivity index (χ1n) is 7.04. The average Bonchev–Trinajstić information content (AvgIpc) is 3.08. The van der Waals surface area contributed by atoms with E-state index >= 15 is 0 Å². The van der Waals surface area contributed by atoms with E-state index in [9.17, 15) is 0 Å². The first-order valence-corrected chi connectivity index (χ1v) is 7.04. The monoisotopic (exact) mass is 255 g/mol. The van der Waals surface area contributed by atoms with Crippen LogP contribution in [0.5, 0.6) is 0 Å². The Balaban J connectivity index is 2.15. The second-order valence-corrected chi connectivity index (χ2v) is 5.60. The van der Waals surface area contributed by atoms with Gasteiger partial charge in [-0.2, -0.15) is 0 Å². The van der Waals surface area contributed by atoms with E-state index in [1.807, 2.05) is 19.4 Å². The molecule has 0 saturated heterocycles. The molecule has 1 aliphatic carbocycles. The molecule has 0 spiro atoms. The Bertz CT molecular complexity index is 565. The van der Waals surface area contributed by atoms with Crippen LogP contribution < -0.4 is 5.73 Å². The molecule has 1 aromatic carbocycles. The Morgan fingerprint density at radius 3 is 2.63 bits per heavy atom. The van der Waals surface area contributed by atoms with Gasteiger partial charge in [0.05, 0.1) is 0 Å². The van der Waals surface area contributed by atoms with Gasteiger partial charge in [0, 0.05) is 37.0 Å². The lowest BCUT2D eigenvalue weighted by Crippen LogP contribution is -2.32. The highest BCUT2D eigenvalue weighted by molar-refractivity contribution is 5.63. The van der Waals surface area contributed by atoms with Crippen molar-refractivity contribution in [2.24, 2.45) is 12.8 Å². The average molecular weight is 255 g/mol. The molecule has 2 N–H and O–H groups in total. The summed E-state index contributed by atoms with van der Waals surface area (Å²) in [5.74, 6) is 1.04. The minimum atomic E-state index is 0.155. The minimum absolute atomic E-state index is 0.155. The molecule has 0 radical (unpaired) electrons. The second kappa shape index (κ2) is 4.82. The maximum Gasteiger partial charge on any atom is 0.139 e. The molecule has 0 aliphatic heterocycles. The summed E-state index contributed by atoms with van der Waals surface area (Å²) in [7, 11) is 2.04. The standard InChI is InChI=1S/C16H21N3/c1-19-11-10-18-15(19)13-6-2-3-7-14(13)16(12-17)8-4-5-9-16/h2-3,6-7,10-11H,4-5,8-9,12,17H2,1H3. The summed E-state index contributed by atoms with van der Waals surface area (Å²) in [6.07, 6.45) is 8.82. The Morgan fingerprint density at radius 1 is 1.26 bits per heavy atom. The maximum absolute atomic E-state index is 6.13. The van der Waals surface area contributed by atoms with Crippen molar-refractivity contribution < 1.29 is 0 Å². The lowest BCUT2D eigenvalue weighted by Gasteiger charge is -2.30. The highest BCUT2D eigenvalue weighted by Crippen LogP contribution is 2.43. The molecule has 1 aliphatic rings. The summed E-state index contributed by atoms with van der Waals surface area (Å²) < 4.78 is 2.08. The van der Waals surface area contributed by atoms with E-state index in [1.54, 1.807) is 0 Å². The topological polar surface area (TPSA) is 43.8 Å². The summed E-state index contributed by atoms with van der Waals surface area (Å²) in [6, 6.07) is 8.62. The van der Waals surface area contributed by atoms with Crippen molar-refractivity contribution in [3.05, 3.63) is 42.2 Å². The predicted octanol–water partition coefficient (Wildman–Crippen LogP) is 2.86. The van der Waals surface area contributed by atoms with Crippen molar-refractivity contribution in [2.75, 3.05) is 6.54 Å². The number of hydrogen-bond donors (Lipinski definition) is 1. The van der Waals surface area contributed by atoms with Crippen LogP contribution in [0.4, 0.5) is 0 Å². The summed E-state index contributed by atoms with van der Waals surface area (Å²) in [5, 5.41) is 0. The molecule has 19 heavy (non-hydrogen) atoms. The van der Waals surface area contributed by atoms with Crippen LogP contribution in [0.2, 0.25) is 0 Å². The Kier molecular flexibility index (Phi) is 3.15. The fourth-order valence-electron chi connectivity index (χ4n) is 3.40. The van der Waals surface area contributed by atoms with Crippen LogP contribution in [0.15, 0.2) is 36.7 Å². The minimum Gasteiger partial charge on any atom is -0.334 e. The van der Waals surface area contributed by atoms with Crippen molar-refractivity contribution in [3.63, 3.8) is 0 Å². The molecule has 0 unspecified atom stereocenters. The zero-order valence-electron chi connectivity index (χ0n) is 11.5. The van der Waals surface area contributed by atoms with Gasteiger partial charge in [-0.3, -0.25) is 0 Å². The number of nitrogens with two attached hydrogens (primary N) is 1. The summed E-state index contributed by atoms with van der Waals surface area (Å²) in [6.45, 7) is 0.731. The third-order valence-corrected chi connectivity index (χ3v) is 4.51.